The second-order valence-electron chi connectivity index (χ2n) is 38.9. The smallest absolute Gasteiger partial charge is 0.399 e. The van der Waals surface area contributed by atoms with E-state index >= 15 is 0 Å². The molecular weight excluding hydrogens is 2200 g/mol. The van der Waals surface area contributed by atoms with E-state index in [1.165, 1.54) is 174 Å². The van der Waals surface area contributed by atoms with Crippen LogP contribution < -0.4 is 16.4 Å². The van der Waals surface area contributed by atoms with Crippen molar-refractivity contribution < 1.29 is 68.1 Å². The number of halogens is 1. The van der Waals surface area contributed by atoms with Gasteiger partial charge in [-0.25, -0.2) is 0 Å². The minimum Gasteiger partial charge on any atom is -0.399 e. The van der Waals surface area contributed by atoms with Crippen LogP contribution in [0.25, 0.3) is 101 Å². The van der Waals surface area contributed by atoms with Gasteiger partial charge in [0.2, 0.25) is 0 Å². The van der Waals surface area contributed by atoms with Crippen molar-refractivity contribution in [1.82, 2.24) is 19.9 Å². The van der Waals surface area contributed by atoms with E-state index in [0.29, 0.717) is 0 Å². The molecule has 0 spiro atoms. The molecule has 731 valence electrons. The van der Waals surface area contributed by atoms with E-state index in [1.54, 1.807) is 0 Å². The van der Waals surface area contributed by atoms with E-state index in [2.05, 4.69) is 262 Å². The monoisotopic (exact) mass is 2340 g/mol. The molecule has 4 aromatic heterocycles. The summed E-state index contributed by atoms with van der Waals surface area (Å²) in [5, 5.41) is 0. The van der Waals surface area contributed by atoms with Crippen molar-refractivity contribution in [2.24, 2.45) is 0 Å². The number of rotatable bonds is 24. The molecule has 3 saturated heterocycles. The molecule has 0 N–H and O–H groups in total. The molecule has 3 aliphatic rings. The predicted octanol–water partition coefficient (Wildman–Crippen LogP) is 29.7. The van der Waals surface area contributed by atoms with Gasteiger partial charge in [0.15, 0.2) is 0 Å². The van der Waals surface area contributed by atoms with Gasteiger partial charge in [0.25, 0.3) is 0 Å². The molecule has 0 aliphatic carbocycles. The Labute approximate surface area is 888 Å². The number of hydrogen-bond acceptors (Lipinski definition) is 12. The van der Waals surface area contributed by atoms with Gasteiger partial charge in [0.1, 0.15) is 0 Å². The van der Waals surface area contributed by atoms with Crippen LogP contribution in [-0.4, -0.2) is 74.9 Å². The molecule has 3 fully saturated rings. The van der Waals surface area contributed by atoms with Crippen molar-refractivity contribution in [2.75, 3.05) is 0 Å². The third-order valence-corrected chi connectivity index (χ3v) is 28.8. The largest absolute Gasteiger partial charge is 3.00 e. The molecular formula is C121H138B3BrIr2N4O6S3-. The van der Waals surface area contributed by atoms with E-state index in [9.17, 15) is 0 Å². The quantitative estimate of drug-likeness (QED) is 0.0425. The molecule has 0 amide bonds. The summed E-state index contributed by atoms with van der Waals surface area (Å²) in [6.07, 6.45) is 22.0. The summed E-state index contributed by atoms with van der Waals surface area (Å²) in [7, 11) is -0.177. The molecule has 17 rings (SSSR count). The maximum atomic E-state index is 6.03. The minimum atomic E-state index is -0.365. The van der Waals surface area contributed by atoms with Gasteiger partial charge >= 0.3 is 41.5 Å². The van der Waals surface area contributed by atoms with Crippen LogP contribution in [0.4, 0.5) is 0 Å². The molecule has 1 radical (unpaired) electrons. The van der Waals surface area contributed by atoms with Crippen molar-refractivity contribution in [3.8, 4) is 101 Å². The number of unbranched alkanes of at least 4 members (excludes halogenated alkanes) is 4. The first kappa shape index (κ1) is 115. The zero-order chi connectivity index (χ0) is 98.4. The molecule has 0 bridgehead atoms. The van der Waals surface area contributed by atoms with Crippen LogP contribution in [0.1, 0.15) is 225 Å². The van der Waals surface area contributed by atoms with Crippen molar-refractivity contribution in [3.63, 3.8) is 0 Å². The number of aryl methyl sites for hydroxylation is 4. The van der Waals surface area contributed by atoms with E-state index in [4.69, 9.17) is 32.9 Å². The van der Waals surface area contributed by atoms with Gasteiger partial charge in [0.05, 0.1) is 33.6 Å². The van der Waals surface area contributed by atoms with Crippen LogP contribution in [-0.2, 0) is 125 Å². The van der Waals surface area contributed by atoms with Gasteiger partial charge in [-0.15, -0.1) is 144 Å². The van der Waals surface area contributed by atoms with Crippen molar-refractivity contribution in [3.05, 3.63) is 352 Å². The van der Waals surface area contributed by atoms with Crippen LogP contribution in [0.3, 0.4) is 0 Å². The van der Waals surface area contributed by atoms with Crippen LogP contribution in [0.5, 0.6) is 0 Å². The maximum absolute atomic E-state index is 6.03. The third kappa shape index (κ3) is 28.7. The second-order valence-corrected chi connectivity index (χ2v) is 41.5. The first-order valence-electron chi connectivity index (χ1n) is 48.6. The molecule has 0 atom stereocenters. The van der Waals surface area contributed by atoms with Crippen LogP contribution in [0.15, 0.2) is 272 Å². The van der Waals surface area contributed by atoms with E-state index in [1.807, 2.05) is 235 Å². The zero-order valence-electron chi connectivity index (χ0n) is 85.1. The van der Waals surface area contributed by atoms with Gasteiger partial charge in [-0.1, -0.05) is 222 Å². The summed E-state index contributed by atoms with van der Waals surface area (Å²) in [6, 6.07) is 97.6. The zero-order valence-corrected chi connectivity index (χ0v) is 94.0. The Balaban J connectivity index is 0.000000198. The standard InChI is InChI=1S/C40H42N.C29H35Br.3C17H19BNO2.CH4.2Ir.S3/c1-6-8-13-31-17-21-34(22-18-31)38-28(3)39(35-23-19-32(20-24-35)14-9-7-2)30(5)40(29(38)4)36-25-26-37(41-27-36)33-15-11-10-12-16-33;1-6-8-10-23-12-16-25(17-13-23)27-20(3)28(22(5)29(30)21(27)4)26-18-14-24(15-19-26)11-9-7-2;3*1-16(2)17(3,4)21-18(20-16)14-10-11-15(19-12-14)13-8-6-5-7-9-13;;;;1-3-2/h10-12,15,17-27H,6-9,13-14H2,1-5H3;12-19H,6-11H2,1-5H3;3*5-8,10-12H,1-4H3;1H4;;;/q-1;;3*-1;;;+3;. The Bertz CT molecular complexity index is 5810. The Hall–Kier alpha value is -8.81. The van der Waals surface area contributed by atoms with Gasteiger partial charge in [-0.2, -0.15) is 0 Å². The van der Waals surface area contributed by atoms with Crippen LogP contribution >= 0.6 is 15.9 Å². The molecule has 14 aromatic rings. The summed E-state index contributed by atoms with van der Waals surface area (Å²) < 4.78 is 37.4. The van der Waals surface area contributed by atoms with Crippen molar-refractivity contribution >= 4 is 84.9 Å². The van der Waals surface area contributed by atoms with E-state index in [0.717, 1.165) is 88.7 Å². The molecule has 19 heteroatoms. The number of pyridine rings is 4. The molecule has 3 aliphatic heterocycles. The maximum Gasteiger partial charge on any atom is 3.00 e. The molecule has 0 saturated carbocycles. The van der Waals surface area contributed by atoms with Crippen LogP contribution in [0, 0.1) is 65.8 Å². The number of benzene rings is 10. The molecule has 10 nitrogen and oxygen atoms in total. The fourth-order valence-corrected chi connectivity index (χ4v) is 17.8. The van der Waals surface area contributed by atoms with Gasteiger partial charge in [-0.3, -0.25) is 0 Å². The van der Waals surface area contributed by atoms with Crippen molar-refractivity contribution in [1.29, 1.82) is 0 Å². The third-order valence-electron chi connectivity index (χ3n) is 27.6. The van der Waals surface area contributed by atoms with E-state index in [-0.39, 0.29) is 103 Å². The molecule has 10 aromatic carbocycles. The minimum absolute atomic E-state index is 0. The van der Waals surface area contributed by atoms with Crippen molar-refractivity contribution in [2.45, 2.75) is 270 Å². The average Bonchev–Trinajstić information content (AvgIpc) is 1.34. The average molecular weight is 2340 g/mol. The Morgan fingerprint density at radius 2 is 0.493 bits per heavy atom. The Morgan fingerprint density at radius 1 is 0.293 bits per heavy atom. The Kier molecular flexibility index (Phi) is 43.1. The molecule has 7 heterocycles. The number of nitrogens with zero attached hydrogens (tertiary/aromatic N) is 4. The SMILES string of the molecule is C.CC1(C)OB(c2ccc(-c3[c-]cccc3)nc2)OC1(C)C.CC1(C)OB(c2ccc(-c3[c-]cccc3)nc2)OC1(C)C.CC1(C)OB(c2ccc(-c3[c-]cccc3)nc2)OC1(C)C.CCCCc1ccc(-c2c(C)c(-c3ccc(CCCC)cc3)c(C)c(-c3ccc(-c4[c-]cccc4)nc3)c2C)cc1.CCCCc1ccc(-c2c(C)c(Br)c(C)c(-c3ccc(CCCC)cc3)c2C)cc1.S=S=S.[Ir+3].[Ir]. The fraction of sp³-hybridized carbons (Fsp3) is 0.339. The van der Waals surface area contributed by atoms with Gasteiger partial charge < -0.3 is 47.9 Å². The van der Waals surface area contributed by atoms with Crippen LogP contribution in [0.2, 0.25) is 0 Å². The summed E-state index contributed by atoms with van der Waals surface area (Å²) in [6.45, 7) is 47.2. The summed E-state index contributed by atoms with van der Waals surface area (Å²) >= 11 is 12.2. The number of hydrogen-bond donors (Lipinski definition) is 0. The Morgan fingerprint density at radius 3 is 0.679 bits per heavy atom. The van der Waals surface area contributed by atoms with Gasteiger partial charge in [-0.05, 0) is 326 Å². The molecule has 140 heavy (non-hydrogen) atoms. The first-order valence-corrected chi connectivity index (χ1v) is 52.0. The predicted molar refractivity (Wildman–Crippen MR) is 594 cm³/mol. The summed E-state index contributed by atoms with van der Waals surface area (Å²) in [5.41, 5.74) is 35.2. The first-order chi connectivity index (χ1) is 65.6. The topological polar surface area (TPSA) is 107 Å². The van der Waals surface area contributed by atoms with E-state index < -0.39 is 0 Å². The fourth-order valence-electron chi connectivity index (χ4n) is 17.4. The second kappa shape index (κ2) is 52.6. The molecule has 0 unspecified atom stereocenters. The summed E-state index contributed by atoms with van der Waals surface area (Å²) in [4.78, 5) is 18.4. The normalized spacial score (nSPS) is 14.6. The van der Waals surface area contributed by atoms with Gasteiger partial charge in [0, 0.05) is 80.6 Å². The summed E-state index contributed by atoms with van der Waals surface area (Å²) in [5.74, 6) is 0. The number of aromatic nitrogens is 4.